The molecule has 0 fully saturated rings. The molecule has 0 amide bonds. The Hall–Kier alpha value is -2.24. The Kier molecular flexibility index (Phi) is 4.43. The number of rotatable bonds is 1. The first-order chi connectivity index (χ1) is 16.3. The van der Waals surface area contributed by atoms with Crippen LogP contribution < -0.4 is 0 Å². The first-order valence-corrected chi connectivity index (χ1v) is 14.9. The molecule has 0 spiro atoms. The van der Waals surface area contributed by atoms with E-state index in [0.717, 1.165) is 0 Å². The van der Waals surface area contributed by atoms with Crippen LogP contribution in [0.5, 0.6) is 0 Å². The summed E-state index contributed by atoms with van der Waals surface area (Å²) in [5.41, 5.74) is 5.70. The van der Waals surface area contributed by atoms with E-state index in [2.05, 4.69) is 77.9 Å². The van der Waals surface area contributed by atoms with Crippen molar-refractivity contribution in [2.45, 2.75) is 41.5 Å². The van der Waals surface area contributed by atoms with E-state index in [1.807, 2.05) is 45.3 Å². The lowest BCUT2D eigenvalue weighted by atomic mass is 10.0. The maximum absolute atomic E-state index is 2.46. The highest BCUT2D eigenvalue weighted by Gasteiger charge is 2.19. The van der Waals surface area contributed by atoms with E-state index in [4.69, 9.17) is 0 Å². The molecule has 0 atom stereocenters. The molecular weight excluding hydrogens is 489 g/mol. The van der Waals surface area contributed by atoms with Crippen LogP contribution in [-0.4, -0.2) is 0 Å². The van der Waals surface area contributed by atoms with Crippen LogP contribution in [0.1, 0.15) is 32.0 Å². The number of aryl methyl sites for hydroxylation is 6. The minimum absolute atomic E-state index is 1.40. The van der Waals surface area contributed by atoms with Crippen LogP contribution in [0.4, 0.5) is 0 Å². The Balaban J connectivity index is 1.53. The molecular formula is C30H24S4. The molecule has 4 heterocycles. The Morgan fingerprint density at radius 3 is 1.71 bits per heavy atom. The molecule has 0 aliphatic carbocycles. The summed E-state index contributed by atoms with van der Waals surface area (Å²) in [5, 5.41) is 8.48. The molecule has 0 aliphatic heterocycles. The molecule has 7 rings (SSSR count). The van der Waals surface area contributed by atoms with E-state index in [1.54, 1.807) is 0 Å². The van der Waals surface area contributed by atoms with Crippen molar-refractivity contribution in [3.8, 4) is 9.75 Å². The van der Waals surface area contributed by atoms with Gasteiger partial charge in [-0.25, -0.2) is 0 Å². The van der Waals surface area contributed by atoms with Crippen molar-refractivity contribution in [2.24, 2.45) is 0 Å². The first-order valence-electron chi connectivity index (χ1n) is 11.6. The van der Waals surface area contributed by atoms with Gasteiger partial charge in [-0.05, 0) is 97.5 Å². The average molecular weight is 513 g/mol. The third-order valence-corrected chi connectivity index (χ3v) is 12.8. The van der Waals surface area contributed by atoms with Crippen molar-refractivity contribution in [1.29, 1.82) is 0 Å². The highest BCUT2D eigenvalue weighted by Crippen LogP contribution is 2.49. The van der Waals surface area contributed by atoms with Crippen LogP contribution in [0.15, 0.2) is 36.4 Å². The minimum Gasteiger partial charge on any atom is -0.140 e. The smallest absolute Gasteiger partial charge is 0.0530 e. The van der Waals surface area contributed by atoms with Crippen LogP contribution in [0.25, 0.3) is 60.9 Å². The third kappa shape index (κ3) is 2.68. The lowest BCUT2D eigenvalue weighted by Crippen LogP contribution is -1.81. The largest absolute Gasteiger partial charge is 0.140 e. The van der Waals surface area contributed by atoms with Crippen LogP contribution in [0.2, 0.25) is 0 Å². The molecule has 168 valence electrons. The average Bonchev–Trinajstić information content (AvgIpc) is 3.57. The highest BCUT2D eigenvalue weighted by atomic mass is 32.1. The van der Waals surface area contributed by atoms with Gasteiger partial charge in [-0.3, -0.25) is 0 Å². The number of benzene rings is 3. The molecule has 0 nitrogen and oxygen atoms in total. The predicted octanol–water partition coefficient (Wildman–Crippen LogP) is 11.2. The SMILES string of the molecule is Cc1cc2c(C)c(C)c3cc(-c4sc5c(ccc6c5ccc5c(C)c(C)sc56)c4C)sc3c2s1. The van der Waals surface area contributed by atoms with Gasteiger partial charge in [0.25, 0.3) is 0 Å². The third-order valence-electron chi connectivity index (χ3n) is 7.63. The second kappa shape index (κ2) is 7.14. The van der Waals surface area contributed by atoms with Crippen LogP contribution in [-0.2, 0) is 0 Å². The highest BCUT2D eigenvalue weighted by molar-refractivity contribution is 7.32. The zero-order valence-corrected chi connectivity index (χ0v) is 23.4. The molecule has 0 bridgehead atoms. The maximum atomic E-state index is 2.46. The summed E-state index contributed by atoms with van der Waals surface area (Å²) >= 11 is 7.85. The number of thiophene rings is 4. The standard InChI is InChI=1S/C30H24S4/c1-13-11-23-14(2)15(3)24-12-25(33-30(24)29(23)31-13)26-17(5)20-8-10-21-22(28(20)34-26)9-7-19-16(4)18(6)32-27(19)21/h7-12H,1-6H3. The van der Waals surface area contributed by atoms with Gasteiger partial charge in [0.05, 0.1) is 9.40 Å². The first kappa shape index (κ1) is 21.1. The molecule has 0 saturated heterocycles. The zero-order valence-electron chi connectivity index (χ0n) is 20.1. The van der Waals surface area contributed by atoms with Crippen molar-refractivity contribution in [3.05, 3.63) is 68.4 Å². The minimum atomic E-state index is 1.40. The van der Waals surface area contributed by atoms with Crippen molar-refractivity contribution < 1.29 is 0 Å². The Morgan fingerprint density at radius 1 is 0.441 bits per heavy atom. The predicted molar refractivity (Wildman–Crippen MR) is 159 cm³/mol. The fourth-order valence-corrected chi connectivity index (χ4v) is 10.6. The lowest BCUT2D eigenvalue weighted by molar-refractivity contribution is 1.42. The normalized spacial score (nSPS) is 12.4. The Bertz CT molecular complexity index is 1970. The van der Waals surface area contributed by atoms with Gasteiger partial charge in [0.2, 0.25) is 0 Å². The summed E-state index contributed by atoms with van der Waals surface area (Å²) in [6.07, 6.45) is 0. The molecule has 0 saturated carbocycles. The van der Waals surface area contributed by atoms with E-state index >= 15 is 0 Å². The second-order valence-electron chi connectivity index (χ2n) is 9.52. The molecule has 0 radical (unpaired) electrons. The number of hydrogen-bond donors (Lipinski definition) is 0. The van der Waals surface area contributed by atoms with Crippen molar-refractivity contribution in [1.82, 2.24) is 0 Å². The fraction of sp³-hybridized carbons (Fsp3) is 0.200. The Morgan fingerprint density at radius 2 is 1.00 bits per heavy atom. The van der Waals surface area contributed by atoms with E-state index in [9.17, 15) is 0 Å². The molecule has 0 N–H and O–H groups in total. The van der Waals surface area contributed by atoms with Crippen molar-refractivity contribution in [3.63, 3.8) is 0 Å². The summed E-state index contributed by atoms with van der Waals surface area (Å²) in [7, 11) is 0. The van der Waals surface area contributed by atoms with Crippen molar-refractivity contribution >= 4 is 96.5 Å². The van der Waals surface area contributed by atoms with E-state index in [-0.39, 0.29) is 0 Å². The zero-order chi connectivity index (χ0) is 23.5. The summed E-state index contributed by atoms with van der Waals surface area (Å²) in [6, 6.07) is 14.2. The fourth-order valence-electron chi connectivity index (χ4n) is 5.43. The van der Waals surface area contributed by atoms with Crippen LogP contribution in [0.3, 0.4) is 0 Å². The van der Waals surface area contributed by atoms with Gasteiger partial charge in [0.15, 0.2) is 0 Å². The second-order valence-corrected chi connectivity index (χ2v) is 14.1. The molecule has 0 aliphatic rings. The van der Waals surface area contributed by atoms with Crippen LogP contribution >= 0.6 is 45.3 Å². The molecule has 34 heavy (non-hydrogen) atoms. The van der Waals surface area contributed by atoms with Gasteiger partial charge < -0.3 is 0 Å². The molecule has 3 aromatic carbocycles. The van der Waals surface area contributed by atoms with E-state index in [0.29, 0.717) is 0 Å². The molecule has 4 heteroatoms. The van der Waals surface area contributed by atoms with Crippen LogP contribution in [0, 0.1) is 41.5 Å². The van der Waals surface area contributed by atoms with Gasteiger partial charge in [0.1, 0.15) is 0 Å². The van der Waals surface area contributed by atoms with E-state index < -0.39 is 0 Å². The van der Waals surface area contributed by atoms with Gasteiger partial charge in [-0.15, -0.1) is 45.3 Å². The quantitative estimate of drug-likeness (QED) is 0.205. The molecule has 7 aromatic rings. The summed E-state index contributed by atoms with van der Waals surface area (Å²) in [6.45, 7) is 13.6. The number of fused-ring (bicyclic) bond motifs is 8. The summed E-state index contributed by atoms with van der Waals surface area (Å²) < 4.78 is 5.78. The Labute approximate surface area is 215 Å². The monoisotopic (exact) mass is 512 g/mol. The number of hydrogen-bond acceptors (Lipinski definition) is 4. The topological polar surface area (TPSA) is 0 Å². The van der Waals surface area contributed by atoms with Gasteiger partial charge in [-0.2, -0.15) is 0 Å². The summed E-state index contributed by atoms with van der Waals surface area (Å²) in [5.74, 6) is 0. The lowest BCUT2D eigenvalue weighted by Gasteiger charge is -2.04. The maximum Gasteiger partial charge on any atom is 0.0530 e. The molecule has 0 unspecified atom stereocenters. The molecule has 4 aromatic heterocycles. The van der Waals surface area contributed by atoms with E-state index in [1.165, 1.54) is 92.9 Å². The van der Waals surface area contributed by atoms with Crippen molar-refractivity contribution in [2.75, 3.05) is 0 Å². The van der Waals surface area contributed by atoms with Gasteiger partial charge in [0, 0.05) is 39.7 Å². The summed E-state index contributed by atoms with van der Waals surface area (Å²) in [4.78, 5) is 5.67. The van der Waals surface area contributed by atoms with Gasteiger partial charge in [-0.1, -0.05) is 24.3 Å². The van der Waals surface area contributed by atoms with Gasteiger partial charge >= 0.3 is 0 Å².